The molecule has 0 radical (unpaired) electrons. The third kappa shape index (κ3) is 1.56. The van der Waals surface area contributed by atoms with Gasteiger partial charge in [0.15, 0.2) is 0 Å². The van der Waals surface area contributed by atoms with Gasteiger partial charge in [0.05, 0.1) is 17.6 Å². The molecule has 0 aliphatic rings. The average molecular weight is 272 g/mol. The maximum absolute atomic E-state index is 10.5. The molecule has 15 heavy (non-hydrogen) atoms. The van der Waals surface area contributed by atoms with Gasteiger partial charge in [-0.25, -0.2) is 0 Å². The van der Waals surface area contributed by atoms with Gasteiger partial charge in [-0.3, -0.25) is 10.1 Å². The SMILES string of the molecule is COc1ccc2oc([N+](=O)[O-])cc2c1Br. The average Bonchev–Trinajstić information content (AvgIpc) is 2.63. The number of halogens is 1. The van der Waals surface area contributed by atoms with Gasteiger partial charge in [0.2, 0.25) is 0 Å². The minimum atomic E-state index is -0.571. The molecule has 1 aromatic heterocycles. The highest BCUT2D eigenvalue weighted by Crippen LogP contribution is 2.36. The molecule has 0 aliphatic heterocycles. The minimum Gasteiger partial charge on any atom is -0.496 e. The predicted molar refractivity (Wildman–Crippen MR) is 57.1 cm³/mol. The van der Waals surface area contributed by atoms with E-state index < -0.39 is 4.92 Å². The van der Waals surface area contributed by atoms with Crippen molar-refractivity contribution in [2.75, 3.05) is 7.11 Å². The minimum absolute atomic E-state index is 0.279. The van der Waals surface area contributed by atoms with Gasteiger partial charge >= 0.3 is 5.88 Å². The first-order valence-corrected chi connectivity index (χ1v) is 4.83. The maximum atomic E-state index is 10.5. The van der Waals surface area contributed by atoms with E-state index in [4.69, 9.17) is 9.15 Å². The molecule has 0 saturated heterocycles. The highest BCUT2D eigenvalue weighted by molar-refractivity contribution is 9.10. The molecule has 0 N–H and O–H groups in total. The van der Waals surface area contributed by atoms with E-state index in [1.807, 2.05) is 0 Å². The summed E-state index contributed by atoms with van der Waals surface area (Å²) >= 11 is 3.30. The number of fused-ring (bicyclic) bond motifs is 1. The van der Waals surface area contributed by atoms with Crippen LogP contribution in [0.3, 0.4) is 0 Å². The first-order chi connectivity index (χ1) is 7.13. The third-order valence-corrected chi connectivity index (χ3v) is 2.80. The Labute approximate surface area is 92.9 Å². The lowest BCUT2D eigenvalue weighted by atomic mass is 10.2. The van der Waals surface area contributed by atoms with Crippen LogP contribution in [0.25, 0.3) is 11.0 Å². The van der Waals surface area contributed by atoms with E-state index in [1.54, 1.807) is 12.1 Å². The zero-order valence-corrected chi connectivity index (χ0v) is 9.28. The normalized spacial score (nSPS) is 10.5. The van der Waals surface area contributed by atoms with E-state index in [0.717, 1.165) is 0 Å². The third-order valence-electron chi connectivity index (χ3n) is 1.99. The second kappa shape index (κ2) is 3.54. The van der Waals surface area contributed by atoms with Crippen LogP contribution < -0.4 is 4.74 Å². The van der Waals surface area contributed by atoms with Crippen LogP contribution in [0.15, 0.2) is 27.1 Å². The van der Waals surface area contributed by atoms with Crippen molar-refractivity contribution in [2.24, 2.45) is 0 Å². The highest BCUT2D eigenvalue weighted by Gasteiger charge is 2.17. The Morgan fingerprint density at radius 3 is 2.87 bits per heavy atom. The molecule has 78 valence electrons. The molecular formula is C9H6BrNO4. The topological polar surface area (TPSA) is 65.5 Å². The van der Waals surface area contributed by atoms with Crippen LogP contribution in [-0.4, -0.2) is 12.0 Å². The molecule has 0 amide bonds. The predicted octanol–water partition coefficient (Wildman–Crippen LogP) is 3.11. The summed E-state index contributed by atoms with van der Waals surface area (Å²) in [5.41, 5.74) is 0.453. The summed E-state index contributed by atoms with van der Waals surface area (Å²) in [6.07, 6.45) is 0. The number of ether oxygens (including phenoxy) is 1. The summed E-state index contributed by atoms with van der Waals surface area (Å²) < 4.78 is 10.7. The largest absolute Gasteiger partial charge is 0.496 e. The monoisotopic (exact) mass is 271 g/mol. The van der Waals surface area contributed by atoms with Crippen molar-refractivity contribution in [2.45, 2.75) is 0 Å². The number of nitro groups is 1. The van der Waals surface area contributed by atoms with Gasteiger partial charge in [0, 0.05) is 5.39 Å². The van der Waals surface area contributed by atoms with Crippen LogP contribution in [0.1, 0.15) is 0 Å². The molecular weight excluding hydrogens is 266 g/mol. The molecule has 5 nitrogen and oxygen atoms in total. The molecule has 1 heterocycles. The van der Waals surface area contributed by atoms with E-state index in [2.05, 4.69) is 15.9 Å². The molecule has 0 aliphatic carbocycles. The zero-order valence-electron chi connectivity index (χ0n) is 7.69. The summed E-state index contributed by atoms with van der Waals surface area (Å²) in [7, 11) is 1.53. The fraction of sp³-hybridized carbons (Fsp3) is 0.111. The summed E-state index contributed by atoms with van der Waals surface area (Å²) in [4.78, 5) is 9.93. The highest BCUT2D eigenvalue weighted by atomic mass is 79.9. The van der Waals surface area contributed by atoms with E-state index in [9.17, 15) is 10.1 Å². The number of furan rings is 1. The van der Waals surface area contributed by atoms with E-state index in [-0.39, 0.29) is 5.88 Å². The first kappa shape index (κ1) is 9.97. The lowest BCUT2D eigenvalue weighted by molar-refractivity contribution is -0.401. The zero-order chi connectivity index (χ0) is 11.0. The maximum Gasteiger partial charge on any atom is 0.434 e. The smallest absolute Gasteiger partial charge is 0.434 e. The van der Waals surface area contributed by atoms with Crippen LogP contribution in [0, 0.1) is 10.1 Å². The van der Waals surface area contributed by atoms with Crippen LogP contribution in [-0.2, 0) is 0 Å². The van der Waals surface area contributed by atoms with Crippen molar-refractivity contribution in [1.29, 1.82) is 0 Å². The number of rotatable bonds is 2. The fourth-order valence-electron chi connectivity index (χ4n) is 1.29. The number of hydrogen-bond acceptors (Lipinski definition) is 4. The van der Waals surface area contributed by atoms with Crippen molar-refractivity contribution in [1.82, 2.24) is 0 Å². The lowest BCUT2D eigenvalue weighted by Gasteiger charge is -2.01. The van der Waals surface area contributed by atoms with Gasteiger partial charge in [0.25, 0.3) is 0 Å². The van der Waals surface area contributed by atoms with Gasteiger partial charge in [-0.15, -0.1) is 0 Å². The quantitative estimate of drug-likeness (QED) is 0.622. The molecule has 1 aromatic carbocycles. The van der Waals surface area contributed by atoms with Crippen molar-refractivity contribution in [3.05, 3.63) is 32.8 Å². The molecule has 2 rings (SSSR count). The van der Waals surface area contributed by atoms with Crippen LogP contribution in [0.2, 0.25) is 0 Å². The molecule has 2 aromatic rings. The van der Waals surface area contributed by atoms with Crippen LogP contribution in [0.4, 0.5) is 5.88 Å². The van der Waals surface area contributed by atoms with Crippen molar-refractivity contribution < 1.29 is 14.1 Å². The Bertz CT molecular complexity index is 534. The second-order valence-corrected chi connectivity index (χ2v) is 3.63. The Kier molecular flexibility index (Phi) is 2.36. The number of hydrogen-bond donors (Lipinski definition) is 0. The first-order valence-electron chi connectivity index (χ1n) is 4.04. The fourth-order valence-corrected chi connectivity index (χ4v) is 1.90. The summed E-state index contributed by atoms with van der Waals surface area (Å²) in [6, 6.07) is 4.67. The van der Waals surface area contributed by atoms with Crippen molar-refractivity contribution in [3.63, 3.8) is 0 Å². The standard InChI is InChI=1S/C9H6BrNO4/c1-14-7-3-2-6-5(9(7)10)4-8(15-6)11(12)13/h2-4H,1H3. The van der Waals surface area contributed by atoms with Gasteiger partial charge in [-0.2, -0.15) is 0 Å². The number of nitrogens with zero attached hydrogens (tertiary/aromatic N) is 1. The van der Waals surface area contributed by atoms with Crippen molar-refractivity contribution in [3.8, 4) is 5.75 Å². The Morgan fingerprint density at radius 1 is 1.53 bits per heavy atom. The molecule has 0 atom stereocenters. The van der Waals surface area contributed by atoms with E-state index >= 15 is 0 Å². The lowest BCUT2D eigenvalue weighted by Crippen LogP contribution is -1.83. The van der Waals surface area contributed by atoms with E-state index in [1.165, 1.54) is 13.2 Å². The molecule has 0 unspecified atom stereocenters. The summed E-state index contributed by atoms with van der Waals surface area (Å²) in [5, 5.41) is 11.1. The molecule has 0 fully saturated rings. The second-order valence-electron chi connectivity index (χ2n) is 2.84. The summed E-state index contributed by atoms with van der Waals surface area (Å²) in [5.74, 6) is 0.331. The Hall–Kier alpha value is -1.56. The molecule has 6 heteroatoms. The van der Waals surface area contributed by atoms with Crippen LogP contribution in [0.5, 0.6) is 5.75 Å². The Morgan fingerprint density at radius 2 is 2.27 bits per heavy atom. The Balaban J connectivity index is 2.71. The van der Waals surface area contributed by atoms with Crippen molar-refractivity contribution >= 4 is 32.8 Å². The van der Waals surface area contributed by atoms with Gasteiger partial charge in [-0.05, 0) is 28.1 Å². The molecule has 0 bridgehead atoms. The van der Waals surface area contributed by atoms with Gasteiger partial charge < -0.3 is 9.15 Å². The summed E-state index contributed by atoms with van der Waals surface area (Å²) in [6.45, 7) is 0. The molecule has 0 spiro atoms. The number of benzene rings is 1. The number of methoxy groups -OCH3 is 1. The van der Waals surface area contributed by atoms with E-state index in [0.29, 0.717) is 21.2 Å². The van der Waals surface area contributed by atoms with Gasteiger partial charge in [0.1, 0.15) is 16.3 Å². The van der Waals surface area contributed by atoms with Gasteiger partial charge in [-0.1, -0.05) is 0 Å². The molecule has 0 saturated carbocycles. The van der Waals surface area contributed by atoms with Crippen LogP contribution >= 0.6 is 15.9 Å².